The van der Waals surface area contributed by atoms with E-state index in [1.165, 1.54) is 30.3 Å². The normalized spacial score (nSPS) is 9.79. The number of hydrogen-bond acceptors (Lipinski definition) is 4. The number of nitriles is 1. The highest BCUT2D eigenvalue weighted by molar-refractivity contribution is 5.74. The molecule has 34 heavy (non-hydrogen) atoms. The number of carbonyl (C=O) groups is 1. The second-order valence-corrected chi connectivity index (χ2v) is 7.11. The second kappa shape index (κ2) is 12.5. The fraction of sp³-hybridized carbons (Fsp3) is 0.0714. The van der Waals surface area contributed by atoms with Crippen LogP contribution in [-0.4, -0.2) is 6.29 Å². The fourth-order valence-corrected chi connectivity index (χ4v) is 2.87. The quantitative estimate of drug-likeness (QED) is 0.298. The predicted molar refractivity (Wildman–Crippen MR) is 124 cm³/mol. The molecule has 170 valence electrons. The zero-order chi connectivity index (χ0) is 24.2. The number of nitrogens with zero attached hydrogens (tertiary/aromatic N) is 1. The number of halogens is 2. The molecular formula is C28H21F2NO3. The van der Waals surface area contributed by atoms with Gasteiger partial charge in [-0.05, 0) is 47.5 Å². The Labute approximate surface area is 196 Å². The van der Waals surface area contributed by atoms with Gasteiger partial charge in [0.25, 0.3) is 0 Å². The van der Waals surface area contributed by atoms with Gasteiger partial charge in [0, 0.05) is 5.56 Å². The van der Waals surface area contributed by atoms with Crippen molar-refractivity contribution in [2.75, 3.05) is 0 Å². The summed E-state index contributed by atoms with van der Waals surface area (Å²) in [5, 5.41) is 8.60. The van der Waals surface area contributed by atoms with Gasteiger partial charge in [0.15, 0.2) is 23.1 Å². The Morgan fingerprint density at radius 3 is 1.65 bits per heavy atom. The number of aldehydes is 1. The Kier molecular flexibility index (Phi) is 8.89. The molecule has 0 spiro atoms. The highest BCUT2D eigenvalue weighted by atomic mass is 19.1. The number of carbonyl (C=O) groups excluding carboxylic acids is 1. The van der Waals surface area contributed by atoms with Crippen LogP contribution in [0, 0.1) is 23.0 Å². The van der Waals surface area contributed by atoms with Gasteiger partial charge in [-0.2, -0.15) is 5.26 Å². The third-order valence-electron chi connectivity index (χ3n) is 4.63. The van der Waals surface area contributed by atoms with E-state index in [1.54, 1.807) is 0 Å². The van der Waals surface area contributed by atoms with Crippen LogP contribution in [0.25, 0.3) is 0 Å². The van der Waals surface area contributed by atoms with E-state index in [0.717, 1.165) is 17.2 Å². The smallest absolute Gasteiger partial charge is 0.166 e. The lowest BCUT2D eigenvalue weighted by molar-refractivity contribution is 0.112. The number of benzene rings is 4. The first kappa shape index (κ1) is 24.1. The Morgan fingerprint density at radius 2 is 1.21 bits per heavy atom. The Bertz CT molecular complexity index is 1260. The molecule has 0 atom stereocenters. The lowest BCUT2D eigenvalue weighted by Crippen LogP contribution is -1.97. The van der Waals surface area contributed by atoms with Crippen molar-refractivity contribution in [3.8, 4) is 17.6 Å². The van der Waals surface area contributed by atoms with Crippen LogP contribution in [-0.2, 0) is 13.2 Å². The molecule has 0 fully saturated rings. The highest BCUT2D eigenvalue weighted by Crippen LogP contribution is 2.20. The molecule has 0 aliphatic heterocycles. The maximum atomic E-state index is 13.5. The van der Waals surface area contributed by atoms with Gasteiger partial charge in [0.2, 0.25) is 0 Å². The van der Waals surface area contributed by atoms with Crippen molar-refractivity contribution in [2.24, 2.45) is 0 Å². The maximum absolute atomic E-state index is 13.5. The minimum atomic E-state index is -0.523. The van der Waals surface area contributed by atoms with Crippen molar-refractivity contribution < 1.29 is 23.0 Å². The van der Waals surface area contributed by atoms with E-state index >= 15 is 0 Å². The summed E-state index contributed by atoms with van der Waals surface area (Å²) in [5.74, 6) is -0.724. The minimum Gasteiger partial charge on any atom is -0.486 e. The first-order chi connectivity index (χ1) is 16.6. The van der Waals surface area contributed by atoms with Crippen molar-refractivity contribution in [3.05, 3.63) is 131 Å². The third kappa shape index (κ3) is 7.28. The summed E-state index contributed by atoms with van der Waals surface area (Å²) in [5.41, 5.74) is 2.52. The van der Waals surface area contributed by atoms with E-state index in [0.29, 0.717) is 25.1 Å². The molecule has 0 aliphatic rings. The Hall–Kier alpha value is -4.50. The molecule has 0 bridgehead atoms. The monoisotopic (exact) mass is 457 g/mol. The molecule has 0 N–H and O–H groups in total. The third-order valence-corrected chi connectivity index (χ3v) is 4.63. The van der Waals surface area contributed by atoms with E-state index in [4.69, 9.17) is 14.7 Å². The molecular weight excluding hydrogens is 436 g/mol. The van der Waals surface area contributed by atoms with Crippen molar-refractivity contribution in [3.63, 3.8) is 0 Å². The standard InChI is InChI=1S/C14H10FNO.C14H11FO2/c2*15-13-8-12(9-16)6-7-14(13)17-10-11-4-2-1-3-5-11/h1-8H,10H2;1-9H,10H2. The van der Waals surface area contributed by atoms with Crippen molar-refractivity contribution in [1.82, 2.24) is 0 Å². The van der Waals surface area contributed by atoms with Gasteiger partial charge >= 0.3 is 0 Å². The lowest BCUT2D eigenvalue weighted by Gasteiger charge is -2.07. The van der Waals surface area contributed by atoms with E-state index < -0.39 is 11.6 Å². The van der Waals surface area contributed by atoms with Crippen LogP contribution >= 0.6 is 0 Å². The molecule has 0 aromatic heterocycles. The highest BCUT2D eigenvalue weighted by Gasteiger charge is 2.05. The lowest BCUT2D eigenvalue weighted by atomic mass is 10.2. The molecule has 0 radical (unpaired) electrons. The topological polar surface area (TPSA) is 59.3 Å². The van der Waals surface area contributed by atoms with Gasteiger partial charge in [-0.25, -0.2) is 8.78 Å². The Balaban J connectivity index is 0.000000191. The minimum absolute atomic E-state index is 0.152. The fourth-order valence-electron chi connectivity index (χ4n) is 2.87. The van der Waals surface area contributed by atoms with E-state index in [-0.39, 0.29) is 17.1 Å². The largest absolute Gasteiger partial charge is 0.486 e. The Morgan fingerprint density at radius 1 is 0.706 bits per heavy atom. The molecule has 0 aliphatic carbocycles. The summed E-state index contributed by atoms with van der Waals surface area (Å²) in [4.78, 5) is 10.4. The summed E-state index contributed by atoms with van der Waals surface area (Å²) in [6.45, 7) is 0.613. The van der Waals surface area contributed by atoms with Crippen LogP contribution in [0.1, 0.15) is 27.0 Å². The van der Waals surface area contributed by atoms with Crippen LogP contribution in [0.3, 0.4) is 0 Å². The molecule has 0 saturated heterocycles. The molecule has 4 nitrogen and oxygen atoms in total. The molecule has 4 rings (SSSR count). The van der Waals surface area contributed by atoms with E-state index in [2.05, 4.69) is 0 Å². The van der Waals surface area contributed by atoms with Crippen molar-refractivity contribution in [1.29, 1.82) is 5.26 Å². The zero-order valence-corrected chi connectivity index (χ0v) is 18.2. The SMILES string of the molecule is N#Cc1ccc(OCc2ccccc2)c(F)c1.O=Cc1ccc(OCc2ccccc2)c(F)c1. The average molecular weight is 457 g/mol. The van der Waals surface area contributed by atoms with Gasteiger partial charge in [-0.3, -0.25) is 4.79 Å². The van der Waals surface area contributed by atoms with Crippen LogP contribution in [0.2, 0.25) is 0 Å². The van der Waals surface area contributed by atoms with Crippen molar-refractivity contribution in [2.45, 2.75) is 13.2 Å². The van der Waals surface area contributed by atoms with E-state index in [1.807, 2.05) is 66.7 Å². The maximum Gasteiger partial charge on any atom is 0.166 e. The summed E-state index contributed by atoms with van der Waals surface area (Å²) in [6.07, 6.45) is 0.601. The number of rotatable bonds is 7. The molecule has 4 aromatic rings. The summed E-state index contributed by atoms with van der Waals surface area (Å²) in [6, 6.07) is 29.2. The average Bonchev–Trinajstić information content (AvgIpc) is 2.88. The summed E-state index contributed by atoms with van der Waals surface area (Å²) < 4.78 is 37.6. The van der Waals surface area contributed by atoms with Gasteiger partial charge in [-0.15, -0.1) is 0 Å². The zero-order valence-electron chi connectivity index (χ0n) is 18.2. The van der Waals surface area contributed by atoms with Crippen LogP contribution in [0.5, 0.6) is 11.5 Å². The summed E-state index contributed by atoms with van der Waals surface area (Å²) >= 11 is 0. The van der Waals surface area contributed by atoms with Gasteiger partial charge in [0.05, 0.1) is 11.6 Å². The van der Waals surface area contributed by atoms with Crippen LogP contribution < -0.4 is 9.47 Å². The van der Waals surface area contributed by atoms with Gasteiger partial charge < -0.3 is 9.47 Å². The number of hydrogen-bond donors (Lipinski definition) is 0. The molecule has 6 heteroatoms. The molecule has 0 amide bonds. The molecule has 4 aromatic carbocycles. The first-order valence-corrected chi connectivity index (χ1v) is 10.4. The summed E-state index contributed by atoms with van der Waals surface area (Å²) in [7, 11) is 0. The van der Waals surface area contributed by atoms with Gasteiger partial charge in [0.1, 0.15) is 19.5 Å². The van der Waals surface area contributed by atoms with Crippen LogP contribution in [0.15, 0.2) is 97.1 Å². The van der Waals surface area contributed by atoms with Crippen molar-refractivity contribution >= 4 is 6.29 Å². The molecule has 0 heterocycles. The van der Waals surface area contributed by atoms with Gasteiger partial charge in [-0.1, -0.05) is 60.7 Å². The number of ether oxygens (including phenoxy) is 2. The molecule has 0 unspecified atom stereocenters. The first-order valence-electron chi connectivity index (χ1n) is 10.4. The molecule has 0 saturated carbocycles. The second-order valence-electron chi connectivity index (χ2n) is 7.11. The predicted octanol–water partition coefficient (Wildman–Crippen LogP) is 6.49. The van der Waals surface area contributed by atoms with E-state index in [9.17, 15) is 13.6 Å². The van der Waals surface area contributed by atoms with Crippen LogP contribution in [0.4, 0.5) is 8.78 Å².